The van der Waals surface area contributed by atoms with E-state index in [1.165, 1.54) is 6.07 Å². The smallest absolute Gasteiger partial charge is 0.129 e. The van der Waals surface area contributed by atoms with Gasteiger partial charge in [-0.25, -0.2) is 4.39 Å². The molecule has 2 nitrogen and oxygen atoms in total. The van der Waals surface area contributed by atoms with Crippen LogP contribution in [0.15, 0.2) is 18.2 Å². The number of hydrogen-bond donors (Lipinski definition) is 1. The number of halogens is 1. The highest BCUT2D eigenvalue weighted by Gasteiger charge is 2.19. The van der Waals surface area contributed by atoms with Crippen LogP contribution in [0, 0.1) is 12.7 Å². The first-order chi connectivity index (χ1) is 8.16. The van der Waals surface area contributed by atoms with Gasteiger partial charge in [-0.2, -0.15) is 0 Å². The Morgan fingerprint density at radius 3 is 3.00 bits per heavy atom. The van der Waals surface area contributed by atoms with Gasteiger partial charge in [0.15, 0.2) is 0 Å². The van der Waals surface area contributed by atoms with Crippen LogP contribution in [0.25, 0.3) is 0 Å². The fourth-order valence-electron chi connectivity index (χ4n) is 2.27. The van der Waals surface area contributed by atoms with E-state index in [1.54, 1.807) is 6.07 Å². The second-order valence-corrected chi connectivity index (χ2v) is 4.75. The molecule has 3 heteroatoms. The summed E-state index contributed by atoms with van der Waals surface area (Å²) in [6, 6.07) is 4.96. The molecule has 2 atom stereocenters. The first kappa shape index (κ1) is 12.5. The third kappa shape index (κ3) is 3.27. The molecule has 1 saturated heterocycles. The maximum absolute atomic E-state index is 13.6. The number of aliphatic hydroxyl groups excluding tert-OH is 1. The van der Waals surface area contributed by atoms with E-state index in [-0.39, 0.29) is 11.9 Å². The Balaban J connectivity index is 1.91. The van der Waals surface area contributed by atoms with Crippen molar-refractivity contribution in [3.63, 3.8) is 0 Å². The highest BCUT2D eigenvalue weighted by atomic mass is 19.1. The van der Waals surface area contributed by atoms with Crippen LogP contribution in [-0.2, 0) is 4.74 Å². The van der Waals surface area contributed by atoms with Gasteiger partial charge in [0.1, 0.15) is 5.82 Å². The van der Waals surface area contributed by atoms with Crippen LogP contribution in [0.5, 0.6) is 0 Å². The zero-order valence-corrected chi connectivity index (χ0v) is 10.2. The molecule has 0 aromatic heterocycles. The van der Waals surface area contributed by atoms with Gasteiger partial charge >= 0.3 is 0 Å². The summed E-state index contributed by atoms with van der Waals surface area (Å²) >= 11 is 0. The number of rotatable bonds is 4. The van der Waals surface area contributed by atoms with E-state index < -0.39 is 6.10 Å². The first-order valence-electron chi connectivity index (χ1n) is 6.22. The van der Waals surface area contributed by atoms with E-state index in [9.17, 15) is 9.50 Å². The van der Waals surface area contributed by atoms with Gasteiger partial charge in [-0.1, -0.05) is 12.1 Å². The lowest BCUT2D eigenvalue weighted by Crippen LogP contribution is -2.09. The molecule has 94 valence electrons. The van der Waals surface area contributed by atoms with E-state index in [1.807, 2.05) is 13.0 Å². The molecule has 2 rings (SSSR count). The Bertz CT molecular complexity index is 372. The minimum absolute atomic E-state index is 0.248. The van der Waals surface area contributed by atoms with Gasteiger partial charge in [-0.15, -0.1) is 0 Å². The first-order valence-corrected chi connectivity index (χ1v) is 6.22. The summed E-state index contributed by atoms with van der Waals surface area (Å²) in [7, 11) is 0. The van der Waals surface area contributed by atoms with Crippen LogP contribution in [0.1, 0.15) is 42.9 Å². The molecule has 1 aliphatic rings. The minimum Gasteiger partial charge on any atom is -0.388 e. The van der Waals surface area contributed by atoms with Crippen molar-refractivity contribution in [3.8, 4) is 0 Å². The molecule has 1 aromatic carbocycles. The Morgan fingerprint density at radius 1 is 1.53 bits per heavy atom. The second-order valence-electron chi connectivity index (χ2n) is 4.75. The van der Waals surface area contributed by atoms with Crippen LogP contribution < -0.4 is 0 Å². The Labute approximate surface area is 101 Å². The molecule has 0 saturated carbocycles. The molecule has 1 N–H and O–H groups in total. The van der Waals surface area contributed by atoms with E-state index in [0.717, 1.165) is 31.4 Å². The van der Waals surface area contributed by atoms with Gasteiger partial charge in [0.25, 0.3) is 0 Å². The summed E-state index contributed by atoms with van der Waals surface area (Å²) in [6.07, 6.45) is 3.04. The van der Waals surface area contributed by atoms with Crippen LogP contribution in [0.3, 0.4) is 0 Å². The van der Waals surface area contributed by atoms with Crippen molar-refractivity contribution in [2.45, 2.75) is 44.8 Å². The molecule has 0 bridgehead atoms. The van der Waals surface area contributed by atoms with Crippen LogP contribution in [0.4, 0.5) is 4.39 Å². The summed E-state index contributed by atoms with van der Waals surface area (Å²) in [5, 5.41) is 9.96. The third-order valence-electron chi connectivity index (χ3n) is 3.30. The monoisotopic (exact) mass is 238 g/mol. The summed E-state index contributed by atoms with van der Waals surface area (Å²) in [4.78, 5) is 0. The topological polar surface area (TPSA) is 29.5 Å². The predicted octanol–water partition coefficient (Wildman–Crippen LogP) is 3.13. The molecule has 1 fully saturated rings. The van der Waals surface area contributed by atoms with E-state index >= 15 is 0 Å². The fraction of sp³-hybridized carbons (Fsp3) is 0.571. The van der Waals surface area contributed by atoms with Crippen molar-refractivity contribution in [2.75, 3.05) is 6.61 Å². The third-order valence-corrected chi connectivity index (χ3v) is 3.30. The lowest BCUT2D eigenvalue weighted by molar-refractivity contribution is 0.0803. The SMILES string of the molecule is Cc1ccc(C(O)CCC2CCCO2)c(F)c1. The molecule has 0 spiro atoms. The highest BCUT2D eigenvalue weighted by Crippen LogP contribution is 2.25. The van der Waals surface area contributed by atoms with Crippen LogP contribution in [0.2, 0.25) is 0 Å². The van der Waals surface area contributed by atoms with Crippen molar-refractivity contribution in [1.29, 1.82) is 0 Å². The Morgan fingerprint density at radius 2 is 2.35 bits per heavy atom. The predicted molar refractivity (Wildman–Crippen MR) is 64.3 cm³/mol. The maximum atomic E-state index is 13.6. The van der Waals surface area contributed by atoms with Crippen molar-refractivity contribution < 1.29 is 14.2 Å². The molecule has 0 aliphatic carbocycles. The van der Waals surface area contributed by atoms with Gasteiger partial charge in [-0.05, 0) is 44.2 Å². The molecular formula is C14H19FO2. The summed E-state index contributed by atoms with van der Waals surface area (Å²) < 4.78 is 19.1. The average molecular weight is 238 g/mol. The lowest BCUT2D eigenvalue weighted by Gasteiger charge is -2.15. The van der Waals surface area contributed by atoms with Crippen molar-refractivity contribution >= 4 is 0 Å². The second kappa shape index (κ2) is 5.61. The maximum Gasteiger partial charge on any atom is 0.129 e. The van der Waals surface area contributed by atoms with E-state index in [0.29, 0.717) is 12.0 Å². The van der Waals surface area contributed by atoms with Gasteiger partial charge < -0.3 is 9.84 Å². The molecule has 17 heavy (non-hydrogen) atoms. The van der Waals surface area contributed by atoms with Gasteiger partial charge in [0.05, 0.1) is 12.2 Å². The summed E-state index contributed by atoms with van der Waals surface area (Å²) in [5.41, 5.74) is 1.27. The van der Waals surface area contributed by atoms with Crippen LogP contribution >= 0.6 is 0 Å². The quantitative estimate of drug-likeness (QED) is 0.873. The number of aryl methyl sites for hydroxylation is 1. The molecular weight excluding hydrogens is 219 g/mol. The molecule has 2 unspecified atom stereocenters. The van der Waals surface area contributed by atoms with Crippen molar-refractivity contribution in [3.05, 3.63) is 35.1 Å². The minimum atomic E-state index is -0.722. The summed E-state index contributed by atoms with van der Waals surface area (Å²) in [6.45, 7) is 2.66. The molecule has 1 aromatic rings. The Kier molecular flexibility index (Phi) is 4.13. The van der Waals surface area contributed by atoms with Gasteiger partial charge in [-0.3, -0.25) is 0 Å². The number of aliphatic hydroxyl groups is 1. The van der Waals surface area contributed by atoms with Gasteiger partial charge in [0, 0.05) is 12.2 Å². The molecule has 1 aliphatic heterocycles. The lowest BCUT2D eigenvalue weighted by atomic mass is 10.0. The molecule has 0 radical (unpaired) electrons. The zero-order valence-electron chi connectivity index (χ0n) is 10.2. The van der Waals surface area contributed by atoms with E-state index in [2.05, 4.69) is 0 Å². The van der Waals surface area contributed by atoms with E-state index in [4.69, 9.17) is 4.74 Å². The van der Waals surface area contributed by atoms with Crippen molar-refractivity contribution in [2.24, 2.45) is 0 Å². The standard InChI is InChI=1S/C14H19FO2/c1-10-4-6-12(13(15)9-10)14(16)7-5-11-3-2-8-17-11/h4,6,9,11,14,16H,2-3,5,7-8H2,1H3. The van der Waals surface area contributed by atoms with Gasteiger partial charge in [0.2, 0.25) is 0 Å². The highest BCUT2D eigenvalue weighted by molar-refractivity contribution is 5.25. The fourth-order valence-corrected chi connectivity index (χ4v) is 2.27. The zero-order chi connectivity index (χ0) is 12.3. The number of hydrogen-bond acceptors (Lipinski definition) is 2. The largest absolute Gasteiger partial charge is 0.388 e. The number of benzene rings is 1. The molecule has 0 amide bonds. The average Bonchev–Trinajstić information content (AvgIpc) is 2.78. The molecule has 1 heterocycles. The number of ether oxygens (including phenoxy) is 1. The normalized spacial score (nSPS) is 21.7. The Hall–Kier alpha value is -0.930. The van der Waals surface area contributed by atoms with Crippen LogP contribution in [-0.4, -0.2) is 17.8 Å². The summed E-state index contributed by atoms with van der Waals surface area (Å²) in [5.74, 6) is -0.315. The van der Waals surface area contributed by atoms with Crippen molar-refractivity contribution in [1.82, 2.24) is 0 Å².